The number of amides is 2. The van der Waals surface area contributed by atoms with Crippen molar-refractivity contribution in [2.24, 2.45) is 0 Å². The number of rotatable bonds is 1. The van der Waals surface area contributed by atoms with E-state index in [1.165, 1.54) is 7.05 Å². The predicted octanol–water partition coefficient (Wildman–Crippen LogP) is 0.0516. The normalized spacial score (nSPS) is 9.50. The Bertz CT molecular complexity index is 292. The van der Waals surface area contributed by atoms with Gasteiger partial charge in [0.15, 0.2) is 5.82 Å². The maximum Gasteiger partial charge on any atom is 0.320 e. The highest BCUT2D eigenvalue weighted by molar-refractivity contribution is 5.91. The van der Waals surface area contributed by atoms with Crippen LogP contribution in [0.3, 0.4) is 0 Å². The van der Waals surface area contributed by atoms with Gasteiger partial charge in [0.25, 0.3) is 0 Å². The van der Waals surface area contributed by atoms with E-state index >= 15 is 0 Å². The van der Waals surface area contributed by atoms with Crippen molar-refractivity contribution in [3.05, 3.63) is 5.69 Å². The number of aromatic amines is 1. The quantitative estimate of drug-likeness (QED) is 0.478. The molecule has 66 valence electrons. The number of nitrogens with two attached hydrogens (primary N) is 1. The predicted molar refractivity (Wildman–Crippen MR) is 45.8 cm³/mol. The molecule has 1 rings (SSSR count). The van der Waals surface area contributed by atoms with Crippen LogP contribution in [-0.4, -0.2) is 23.3 Å². The van der Waals surface area contributed by atoms with Gasteiger partial charge in [0, 0.05) is 7.05 Å². The molecule has 0 saturated carbocycles. The highest BCUT2D eigenvalue weighted by Crippen LogP contribution is 2.17. The molecular formula is C6H11N5O. The van der Waals surface area contributed by atoms with Crippen LogP contribution in [0.15, 0.2) is 0 Å². The number of anilines is 2. The van der Waals surface area contributed by atoms with Crippen LogP contribution in [0.2, 0.25) is 0 Å². The molecule has 1 aromatic rings. The zero-order chi connectivity index (χ0) is 9.14. The second-order valence-corrected chi connectivity index (χ2v) is 2.32. The largest absolute Gasteiger partial charge is 0.394 e. The summed E-state index contributed by atoms with van der Waals surface area (Å²) < 4.78 is 0. The van der Waals surface area contributed by atoms with Gasteiger partial charge in [0.05, 0.1) is 11.4 Å². The summed E-state index contributed by atoms with van der Waals surface area (Å²) in [7, 11) is 1.52. The lowest BCUT2D eigenvalue weighted by Crippen LogP contribution is -2.25. The molecule has 2 amide bonds. The molecule has 0 atom stereocenters. The van der Waals surface area contributed by atoms with E-state index in [1.54, 1.807) is 6.92 Å². The second kappa shape index (κ2) is 3.12. The number of aryl methyl sites for hydroxylation is 1. The molecule has 0 fully saturated rings. The van der Waals surface area contributed by atoms with Gasteiger partial charge in [-0.2, -0.15) is 5.10 Å². The monoisotopic (exact) mass is 169 g/mol. The van der Waals surface area contributed by atoms with E-state index in [2.05, 4.69) is 20.8 Å². The smallest absolute Gasteiger partial charge is 0.320 e. The molecule has 0 aliphatic heterocycles. The van der Waals surface area contributed by atoms with Crippen LogP contribution in [0.1, 0.15) is 5.69 Å². The van der Waals surface area contributed by atoms with Crippen LogP contribution in [0.4, 0.5) is 16.3 Å². The first-order valence-electron chi connectivity index (χ1n) is 3.44. The number of hydrogen-bond acceptors (Lipinski definition) is 3. The number of nitrogen functional groups attached to an aromatic ring is 1. The summed E-state index contributed by atoms with van der Waals surface area (Å²) in [6.07, 6.45) is 0. The Morgan fingerprint density at radius 2 is 2.33 bits per heavy atom. The molecule has 0 saturated heterocycles. The molecule has 0 radical (unpaired) electrons. The maximum atomic E-state index is 10.8. The molecule has 0 aliphatic carbocycles. The van der Waals surface area contributed by atoms with Gasteiger partial charge in [-0.1, -0.05) is 0 Å². The van der Waals surface area contributed by atoms with Gasteiger partial charge in [0.1, 0.15) is 0 Å². The fourth-order valence-corrected chi connectivity index (χ4v) is 0.703. The Balaban J connectivity index is 2.76. The number of nitrogens with one attached hydrogen (secondary N) is 3. The van der Waals surface area contributed by atoms with Gasteiger partial charge in [-0.25, -0.2) is 4.79 Å². The standard InChI is InChI=1S/C6H11N5O/c1-3-4(7)5(11-10-3)9-6(12)8-2/h7H2,1-2H3,(H3,8,9,10,11,12). The molecule has 0 spiro atoms. The third kappa shape index (κ3) is 1.47. The minimum atomic E-state index is -0.340. The van der Waals surface area contributed by atoms with E-state index in [9.17, 15) is 4.79 Å². The minimum absolute atomic E-state index is 0.340. The summed E-state index contributed by atoms with van der Waals surface area (Å²) in [6, 6.07) is -0.340. The maximum absolute atomic E-state index is 10.8. The Morgan fingerprint density at radius 3 is 2.75 bits per heavy atom. The van der Waals surface area contributed by atoms with Crippen molar-refractivity contribution >= 4 is 17.5 Å². The van der Waals surface area contributed by atoms with Gasteiger partial charge in [-0.15, -0.1) is 0 Å². The second-order valence-electron chi connectivity index (χ2n) is 2.32. The minimum Gasteiger partial charge on any atom is -0.394 e. The summed E-state index contributed by atoms with van der Waals surface area (Å²) in [6.45, 7) is 1.78. The molecule has 0 aliphatic rings. The molecular weight excluding hydrogens is 158 g/mol. The molecule has 6 heteroatoms. The molecule has 0 unspecified atom stereocenters. The lowest BCUT2D eigenvalue weighted by atomic mass is 10.4. The summed E-state index contributed by atoms with van der Waals surface area (Å²) in [5.74, 6) is 0.354. The summed E-state index contributed by atoms with van der Waals surface area (Å²) in [4.78, 5) is 10.8. The van der Waals surface area contributed by atoms with Gasteiger partial charge in [-0.05, 0) is 6.92 Å². The number of urea groups is 1. The number of H-pyrrole nitrogens is 1. The highest BCUT2D eigenvalue weighted by Gasteiger charge is 2.07. The van der Waals surface area contributed by atoms with Crippen LogP contribution < -0.4 is 16.4 Å². The zero-order valence-electron chi connectivity index (χ0n) is 6.93. The highest BCUT2D eigenvalue weighted by atomic mass is 16.2. The first-order chi connectivity index (χ1) is 5.65. The Labute approximate surface area is 69.5 Å². The van der Waals surface area contributed by atoms with E-state index in [0.717, 1.165) is 5.69 Å². The number of carbonyl (C=O) groups excluding carboxylic acids is 1. The van der Waals surface area contributed by atoms with E-state index in [0.29, 0.717) is 11.5 Å². The third-order valence-electron chi connectivity index (χ3n) is 1.45. The molecule has 5 N–H and O–H groups in total. The Morgan fingerprint density at radius 1 is 1.67 bits per heavy atom. The van der Waals surface area contributed by atoms with Gasteiger partial charge in [-0.3, -0.25) is 10.4 Å². The van der Waals surface area contributed by atoms with Crippen LogP contribution in [-0.2, 0) is 0 Å². The van der Waals surface area contributed by atoms with Crippen LogP contribution >= 0.6 is 0 Å². The van der Waals surface area contributed by atoms with E-state index in [1.807, 2.05) is 0 Å². The van der Waals surface area contributed by atoms with Crippen molar-refractivity contribution in [1.29, 1.82) is 0 Å². The van der Waals surface area contributed by atoms with Crippen LogP contribution in [0.5, 0.6) is 0 Å². The van der Waals surface area contributed by atoms with Crippen LogP contribution in [0, 0.1) is 6.92 Å². The third-order valence-corrected chi connectivity index (χ3v) is 1.45. The first kappa shape index (κ1) is 8.38. The number of aromatic nitrogens is 2. The van der Waals surface area contributed by atoms with E-state index < -0.39 is 0 Å². The van der Waals surface area contributed by atoms with Crippen molar-refractivity contribution in [3.8, 4) is 0 Å². The van der Waals surface area contributed by atoms with Crippen molar-refractivity contribution in [2.45, 2.75) is 6.92 Å². The SMILES string of the molecule is CNC(=O)Nc1n[nH]c(C)c1N. The van der Waals surface area contributed by atoms with Crippen molar-refractivity contribution < 1.29 is 4.79 Å². The Hall–Kier alpha value is -1.72. The fourth-order valence-electron chi connectivity index (χ4n) is 0.703. The number of carbonyl (C=O) groups is 1. The van der Waals surface area contributed by atoms with Crippen molar-refractivity contribution in [1.82, 2.24) is 15.5 Å². The Kier molecular flexibility index (Phi) is 2.18. The molecule has 6 nitrogen and oxygen atoms in total. The summed E-state index contributed by atoms with van der Waals surface area (Å²) in [5, 5.41) is 11.3. The first-order valence-corrected chi connectivity index (χ1v) is 3.44. The topological polar surface area (TPSA) is 95.8 Å². The lowest BCUT2D eigenvalue weighted by molar-refractivity contribution is 0.254. The van der Waals surface area contributed by atoms with Gasteiger partial charge >= 0.3 is 6.03 Å². The molecule has 1 aromatic heterocycles. The number of hydrogen-bond donors (Lipinski definition) is 4. The fraction of sp³-hybridized carbons (Fsp3) is 0.333. The molecule has 1 heterocycles. The molecule has 0 bridgehead atoms. The van der Waals surface area contributed by atoms with Gasteiger partial charge in [0.2, 0.25) is 0 Å². The molecule has 0 aromatic carbocycles. The van der Waals surface area contributed by atoms with E-state index in [-0.39, 0.29) is 6.03 Å². The average molecular weight is 169 g/mol. The number of nitrogens with zero attached hydrogens (tertiary/aromatic N) is 1. The van der Waals surface area contributed by atoms with Crippen molar-refractivity contribution in [2.75, 3.05) is 18.1 Å². The zero-order valence-corrected chi connectivity index (χ0v) is 6.93. The van der Waals surface area contributed by atoms with Crippen LogP contribution in [0.25, 0.3) is 0 Å². The van der Waals surface area contributed by atoms with Crippen molar-refractivity contribution in [3.63, 3.8) is 0 Å². The summed E-state index contributed by atoms with van der Waals surface area (Å²) >= 11 is 0. The van der Waals surface area contributed by atoms with Gasteiger partial charge < -0.3 is 11.1 Å². The molecule has 12 heavy (non-hydrogen) atoms. The lowest BCUT2D eigenvalue weighted by Gasteiger charge is -2.00. The average Bonchev–Trinajstić information content (AvgIpc) is 2.36. The summed E-state index contributed by atoms with van der Waals surface area (Å²) in [5.41, 5.74) is 6.76. The van der Waals surface area contributed by atoms with E-state index in [4.69, 9.17) is 5.73 Å².